The normalized spacial score (nSPS) is 10.7. The smallest absolute Gasteiger partial charge is 0.252 e. The van der Waals surface area contributed by atoms with Gasteiger partial charge in [0.2, 0.25) is 0 Å². The van der Waals surface area contributed by atoms with E-state index in [1.807, 2.05) is 12.1 Å². The number of nitrogens with one attached hydrogen (secondary N) is 1. The molecule has 0 atom stereocenters. The highest BCUT2D eigenvalue weighted by atomic mass is 79.9. The third-order valence-corrected chi connectivity index (χ3v) is 3.69. The summed E-state index contributed by atoms with van der Waals surface area (Å²) in [5.41, 5.74) is 0.644. The predicted molar refractivity (Wildman–Crippen MR) is 91.2 cm³/mol. The predicted octanol–water partition coefficient (Wildman–Crippen LogP) is 3.30. The number of nitrogens with zero attached hydrogens (tertiary/aromatic N) is 1. The Morgan fingerprint density at radius 1 is 1.14 bits per heavy atom. The molecule has 21 heavy (non-hydrogen) atoms. The molecule has 0 spiro atoms. The minimum Gasteiger partial charge on any atom is -0.341 e. The number of halogens is 1. The van der Waals surface area contributed by atoms with Crippen LogP contribution in [-0.4, -0.2) is 36.0 Å². The van der Waals surface area contributed by atoms with E-state index in [0.717, 1.165) is 11.0 Å². The molecule has 0 saturated carbocycles. The van der Waals surface area contributed by atoms with E-state index in [0.29, 0.717) is 24.2 Å². The van der Waals surface area contributed by atoms with Crippen molar-refractivity contribution in [1.29, 1.82) is 0 Å². The Balaban J connectivity index is 2.42. The molecule has 0 aromatic heterocycles. The van der Waals surface area contributed by atoms with Gasteiger partial charge >= 0.3 is 0 Å². The lowest BCUT2D eigenvalue weighted by atomic mass is 10.2. The second-order valence-corrected chi connectivity index (χ2v) is 6.32. The minimum absolute atomic E-state index is 0.0959. The van der Waals surface area contributed by atoms with E-state index in [2.05, 4.69) is 65.7 Å². The molecule has 0 fully saturated rings. The first kappa shape index (κ1) is 17.7. The maximum Gasteiger partial charge on any atom is 0.252 e. The molecule has 3 nitrogen and oxygen atoms in total. The topological polar surface area (TPSA) is 32.3 Å². The monoisotopic (exact) mass is 350 g/mol. The van der Waals surface area contributed by atoms with Gasteiger partial charge in [-0.05, 0) is 52.0 Å². The maximum atomic E-state index is 11.9. The maximum absolute atomic E-state index is 11.9. The summed E-state index contributed by atoms with van der Waals surface area (Å²) in [6, 6.07) is 8.21. The van der Waals surface area contributed by atoms with E-state index >= 15 is 0 Å². The van der Waals surface area contributed by atoms with E-state index < -0.39 is 0 Å². The molecule has 0 aliphatic rings. The zero-order valence-corrected chi connectivity index (χ0v) is 14.7. The highest BCUT2D eigenvalue weighted by molar-refractivity contribution is 9.10. The zero-order valence-electron chi connectivity index (χ0n) is 13.1. The number of carbonyl (C=O) groups is 1. The van der Waals surface area contributed by atoms with Gasteiger partial charge in [0.1, 0.15) is 0 Å². The van der Waals surface area contributed by atoms with Crippen LogP contribution in [0.25, 0.3) is 0 Å². The lowest BCUT2D eigenvalue weighted by Crippen LogP contribution is -2.37. The Morgan fingerprint density at radius 2 is 1.71 bits per heavy atom. The molecular weight excluding hydrogens is 328 g/mol. The summed E-state index contributed by atoms with van der Waals surface area (Å²) >= 11 is 3.35. The van der Waals surface area contributed by atoms with Crippen LogP contribution >= 0.6 is 15.9 Å². The van der Waals surface area contributed by atoms with Crippen LogP contribution < -0.4 is 5.32 Å². The van der Waals surface area contributed by atoms with Crippen molar-refractivity contribution < 1.29 is 4.79 Å². The van der Waals surface area contributed by atoms with E-state index in [4.69, 9.17) is 0 Å². The summed E-state index contributed by atoms with van der Waals surface area (Å²) in [5, 5.41) is 2.80. The fourth-order valence-electron chi connectivity index (χ4n) is 2.00. The van der Waals surface area contributed by atoms with Gasteiger partial charge in [-0.15, -0.1) is 0 Å². The van der Waals surface area contributed by atoms with Crippen molar-refractivity contribution in [3.05, 3.63) is 34.3 Å². The van der Waals surface area contributed by atoms with Crippen molar-refractivity contribution in [2.45, 2.75) is 39.8 Å². The first-order valence-electron chi connectivity index (χ1n) is 7.17. The Kier molecular flexibility index (Phi) is 7.49. The standard InChI is InChI=1S/C17H23BrN2O/c1-13(2)20(14(3)4)12-6-5-11-19-17(21)15-7-9-16(18)10-8-15/h7-10,13-14H,11-12H2,1-4H3,(H,19,21). The summed E-state index contributed by atoms with van der Waals surface area (Å²) in [4.78, 5) is 14.2. The SMILES string of the molecule is CC(C)N(CC#CCNC(=O)c1ccc(Br)cc1)C(C)C. The molecule has 0 aliphatic carbocycles. The lowest BCUT2D eigenvalue weighted by molar-refractivity contribution is 0.0958. The number of carbonyl (C=O) groups excluding carboxylic acids is 1. The fraction of sp³-hybridized carbons (Fsp3) is 0.471. The Hall–Kier alpha value is -1.31. The van der Waals surface area contributed by atoms with Crippen molar-refractivity contribution in [2.75, 3.05) is 13.1 Å². The van der Waals surface area contributed by atoms with Gasteiger partial charge in [-0.2, -0.15) is 0 Å². The molecule has 1 rings (SSSR count). The van der Waals surface area contributed by atoms with E-state index in [-0.39, 0.29) is 5.91 Å². The molecule has 0 saturated heterocycles. The van der Waals surface area contributed by atoms with Gasteiger partial charge < -0.3 is 5.32 Å². The molecule has 4 heteroatoms. The van der Waals surface area contributed by atoms with Crippen LogP contribution in [0, 0.1) is 11.8 Å². The molecule has 1 amide bonds. The van der Waals surface area contributed by atoms with Gasteiger partial charge in [-0.25, -0.2) is 0 Å². The van der Waals surface area contributed by atoms with Crippen molar-refractivity contribution in [2.24, 2.45) is 0 Å². The summed E-state index contributed by atoms with van der Waals surface area (Å²) in [6.45, 7) is 9.75. The van der Waals surface area contributed by atoms with Gasteiger partial charge in [0, 0.05) is 22.1 Å². The van der Waals surface area contributed by atoms with Crippen LogP contribution in [0.4, 0.5) is 0 Å². The molecule has 114 valence electrons. The average molecular weight is 351 g/mol. The summed E-state index contributed by atoms with van der Waals surface area (Å²) in [6.07, 6.45) is 0. The molecule has 1 N–H and O–H groups in total. The van der Waals surface area contributed by atoms with Crippen molar-refractivity contribution >= 4 is 21.8 Å². The number of rotatable bonds is 5. The molecule has 0 unspecified atom stereocenters. The highest BCUT2D eigenvalue weighted by Crippen LogP contribution is 2.10. The summed E-state index contributed by atoms with van der Waals surface area (Å²) in [5.74, 6) is 6.03. The average Bonchev–Trinajstić information content (AvgIpc) is 2.42. The first-order valence-corrected chi connectivity index (χ1v) is 7.96. The van der Waals surface area contributed by atoms with E-state index in [1.165, 1.54) is 0 Å². The summed E-state index contributed by atoms with van der Waals surface area (Å²) in [7, 11) is 0. The zero-order chi connectivity index (χ0) is 15.8. The van der Waals surface area contributed by atoms with E-state index in [1.54, 1.807) is 12.1 Å². The molecule has 1 aromatic carbocycles. The molecule has 1 aromatic rings. The molecule has 0 heterocycles. The Morgan fingerprint density at radius 3 is 2.24 bits per heavy atom. The third-order valence-electron chi connectivity index (χ3n) is 3.16. The first-order chi connectivity index (χ1) is 9.91. The van der Waals surface area contributed by atoms with Gasteiger partial charge in [-0.1, -0.05) is 27.8 Å². The quantitative estimate of drug-likeness (QED) is 0.826. The van der Waals surface area contributed by atoms with Crippen LogP contribution in [0.1, 0.15) is 38.1 Å². The highest BCUT2D eigenvalue weighted by Gasteiger charge is 2.10. The Bertz CT molecular complexity index is 504. The van der Waals surface area contributed by atoms with Crippen molar-refractivity contribution in [1.82, 2.24) is 10.2 Å². The lowest BCUT2D eigenvalue weighted by Gasteiger charge is -2.28. The van der Waals surface area contributed by atoms with E-state index in [9.17, 15) is 4.79 Å². The molecule has 0 aliphatic heterocycles. The second kappa shape index (κ2) is 8.86. The number of benzene rings is 1. The summed E-state index contributed by atoms with van der Waals surface area (Å²) < 4.78 is 0.960. The minimum atomic E-state index is -0.0959. The van der Waals surface area contributed by atoms with Crippen molar-refractivity contribution in [3.63, 3.8) is 0 Å². The number of amides is 1. The number of hydrogen-bond donors (Lipinski definition) is 1. The van der Waals surface area contributed by atoms with Gasteiger partial charge in [-0.3, -0.25) is 9.69 Å². The van der Waals surface area contributed by atoms with Crippen LogP contribution in [0.15, 0.2) is 28.7 Å². The fourth-order valence-corrected chi connectivity index (χ4v) is 2.26. The van der Waals surface area contributed by atoms with Gasteiger partial charge in [0.05, 0.1) is 13.1 Å². The third kappa shape index (κ3) is 6.33. The Labute approximate surface area is 136 Å². The van der Waals surface area contributed by atoms with Gasteiger partial charge in [0.15, 0.2) is 0 Å². The molecular formula is C17H23BrN2O. The van der Waals surface area contributed by atoms with Crippen LogP contribution in [-0.2, 0) is 0 Å². The molecule has 0 bridgehead atoms. The number of hydrogen-bond acceptors (Lipinski definition) is 2. The van der Waals surface area contributed by atoms with Crippen molar-refractivity contribution in [3.8, 4) is 11.8 Å². The van der Waals surface area contributed by atoms with Crippen LogP contribution in [0.2, 0.25) is 0 Å². The largest absolute Gasteiger partial charge is 0.341 e. The van der Waals surface area contributed by atoms with Gasteiger partial charge in [0.25, 0.3) is 5.91 Å². The molecule has 0 radical (unpaired) electrons. The second-order valence-electron chi connectivity index (χ2n) is 5.40. The van der Waals surface area contributed by atoms with Crippen LogP contribution in [0.3, 0.4) is 0 Å². The van der Waals surface area contributed by atoms with Crippen LogP contribution in [0.5, 0.6) is 0 Å².